The zero-order valence-electron chi connectivity index (χ0n) is 15.6. The molecule has 0 aliphatic heterocycles. The molecular formula is C22H16ClN3O2S. The van der Waals surface area contributed by atoms with Crippen LogP contribution in [-0.2, 0) is 6.42 Å². The minimum absolute atomic E-state index is 0.110. The van der Waals surface area contributed by atoms with Crippen LogP contribution in [0.25, 0.3) is 27.3 Å². The molecule has 2 aromatic carbocycles. The molecule has 0 amide bonds. The van der Waals surface area contributed by atoms with E-state index in [1.807, 2.05) is 49.4 Å². The monoisotopic (exact) mass is 421 g/mol. The Morgan fingerprint density at radius 2 is 2.03 bits per heavy atom. The van der Waals surface area contributed by atoms with E-state index in [1.165, 1.54) is 4.70 Å². The molecule has 0 spiro atoms. The van der Waals surface area contributed by atoms with Gasteiger partial charge in [-0.1, -0.05) is 23.7 Å². The summed E-state index contributed by atoms with van der Waals surface area (Å²) in [4.78, 5) is 16.8. The van der Waals surface area contributed by atoms with Crippen molar-refractivity contribution >= 4 is 44.5 Å². The van der Waals surface area contributed by atoms with E-state index < -0.39 is 0 Å². The summed E-state index contributed by atoms with van der Waals surface area (Å²) in [5.74, 6) is 1.38. The number of fused-ring (bicyclic) bond motifs is 2. The first-order valence-corrected chi connectivity index (χ1v) is 10.4. The van der Waals surface area contributed by atoms with Gasteiger partial charge in [-0.2, -0.15) is 4.52 Å². The maximum absolute atomic E-state index is 12.7. The number of hydrogen-bond acceptors (Lipinski definition) is 5. The number of ketones is 1. The van der Waals surface area contributed by atoms with E-state index in [1.54, 1.807) is 22.0 Å². The van der Waals surface area contributed by atoms with E-state index in [2.05, 4.69) is 15.5 Å². The highest BCUT2D eigenvalue weighted by Crippen LogP contribution is 2.30. The molecule has 7 heteroatoms. The van der Waals surface area contributed by atoms with Crippen LogP contribution in [0.4, 0.5) is 0 Å². The standard InChI is InChI=1S/C22H16ClN3O2S/c1-13-24-11-21-26(13)25-22(28-21)15-4-2-14(3-5-15)19(27)8-6-16-12-29-20-9-7-17(23)10-18(16)20/h2-5,7,9-12H,6,8H2,1H3. The molecule has 29 heavy (non-hydrogen) atoms. The molecule has 0 saturated heterocycles. The molecule has 0 unspecified atom stereocenters. The second-order valence-electron chi connectivity index (χ2n) is 6.86. The maximum Gasteiger partial charge on any atom is 0.246 e. The number of Topliss-reactive ketones (excluding diaryl/α,β-unsaturated/α-hetero) is 1. The van der Waals surface area contributed by atoms with Crippen LogP contribution in [0.2, 0.25) is 5.02 Å². The average Bonchev–Trinajstić information content (AvgIpc) is 3.42. The van der Waals surface area contributed by atoms with Crippen molar-refractivity contribution in [3.63, 3.8) is 0 Å². The third-order valence-electron chi connectivity index (χ3n) is 4.96. The predicted molar refractivity (Wildman–Crippen MR) is 115 cm³/mol. The molecule has 0 aliphatic carbocycles. The molecule has 0 atom stereocenters. The Labute approximate surface area is 175 Å². The molecule has 5 nitrogen and oxygen atoms in total. The van der Waals surface area contributed by atoms with Gasteiger partial charge in [0, 0.05) is 27.3 Å². The zero-order valence-corrected chi connectivity index (χ0v) is 17.1. The predicted octanol–water partition coefficient (Wildman–Crippen LogP) is 5.98. The van der Waals surface area contributed by atoms with E-state index in [-0.39, 0.29) is 5.78 Å². The first kappa shape index (κ1) is 18.1. The number of benzene rings is 2. The molecule has 0 aliphatic rings. The summed E-state index contributed by atoms with van der Waals surface area (Å²) >= 11 is 7.80. The Morgan fingerprint density at radius 3 is 2.83 bits per heavy atom. The number of nitrogens with zero attached hydrogens (tertiary/aromatic N) is 3. The molecule has 3 aromatic heterocycles. The quantitative estimate of drug-likeness (QED) is 0.327. The largest absolute Gasteiger partial charge is 0.417 e. The van der Waals surface area contributed by atoms with Crippen LogP contribution in [0.3, 0.4) is 0 Å². The molecule has 0 saturated carbocycles. The number of thiophene rings is 1. The second-order valence-corrected chi connectivity index (χ2v) is 8.21. The third-order valence-corrected chi connectivity index (χ3v) is 6.21. The fraction of sp³-hybridized carbons (Fsp3) is 0.136. The van der Waals surface area contributed by atoms with E-state index >= 15 is 0 Å². The topological polar surface area (TPSA) is 60.4 Å². The number of imidazole rings is 1. The van der Waals surface area contributed by atoms with Gasteiger partial charge in [-0.05, 0) is 60.0 Å². The summed E-state index contributed by atoms with van der Waals surface area (Å²) in [6, 6.07) is 13.3. The highest BCUT2D eigenvalue weighted by molar-refractivity contribution is 7.17. The van der Waals surface area contributed by atoms with Crippen molar-refractivity contribution in [2.24, 2.45) is 0 Å². The maximum atomic E-state index is 12.7. The lowest BCUT2D eigenvalue weighted by Gasteiger charge is -2.03. The minimum atomic E-state index is 0.110. The third kappa shape index (κ3) is 3.34. The number of hydrogen-bond donors (Lipinski definition) is 0. The van der Waals surface area contributed by atoms with Gasteiger partial charge in [0.1, 0.15) is 5.82 Å². The van der Waals surface area contributed by atoms with Crippen molar-refractivity contribution in [3.8, 4) is 11.5 Å². The lowest BCUT2D eigenvalue weighted by molar-refractivity contribution is 0.0983. The molecule has 3 heterocycles. The minimum Gasteiger partial charge on any atom is -0.417 e. The van der Waals surface area contributed by atoms with Crippen molar-refractivity contribution in [2.75, 3.05) is 0 Å². The zero-order chi connectivity index (χ0) is 20.0. The molecule has 0 N–H and O–H groups in total. The number of carbonyl (C=O) groups is 1. The normalized spacial score (nSPS) is 11.5. The van der Waals surface area contributed by atoms with E-state index in [0.29, 0.717) is 35.0 Å². The lowest BCUT2D eigenvalue weighted by Crippen LogP contribution is -2.01. The highest BCUT2D eigenvalue weighted by atomic mass is 35.5. The Morgan fingerprint density at radius 1 is 1.21 bits per heavy atom. The fourth-order valence-corrected chi connectivity index (χ4v) is 4.52. The molecule has 0 fully saturated rings. The van der Waals surface area contributed by atoms with Crippen LogP contribution >= 0.6 is 22.9 Å². The first-order chi connectivity index (χ1) is 14.1. The van der Waals surface area contributed by atoms with Gasteiger partial charge in [0.2, 0.25) is 11.6 Å². The SMILES string of the molecule is Cc1ncc2oc(-c3ccc(C(=O)CCc4csc5ccc(Cl)cc45)cc3)nn12. The fourth-order valence-electron chi connectivity index (χ4n) is 3.37. The van der Waals surface area contributed by atoms with Crippen LogP contribution in [0.5, 0.6) is 0 Å². The van der Waals surface area contributed by atoms with Crippen LogP contribution in [0, 0.1) is 6.92 Å². The van der Waals surface area contributed by atoms with Crippen molar-refractivity contribution in [1.29, 1.82) is 0 Å². The molecule has 0 radical (unpaired) electrons. The Bertz CT molecular complexity index is 1350. The van der Waals surface area contributed by atoms with Crippen LogP contribution in [0.1, 0.15) is 28.2 Å². The smallest absolute Gasteiger partial charge is 0.246 e. The van der Waals surface area contributed by atoms with Crippen molar-refractivity contribution in [2.45, 2.75) is 19.8 Å². The number of aryl methyl sites for hydroxylation is 2. The summed E-state index contributed by atoms with van der Waals surface area (Å²) in [5.41, 5.74) is 3.27. The van der Waals surface area contributed by atoms with Gasteiger partial charge in [0.25, 0.3) is 0 Å². The van der Waals surface area contributed by atoms with Crippen LogP contribution in [-0.4, -0.2) is 20.4 Å². The summed E-state index contributed by atoms with van der Waals surface area (Å²) < 4.78 is 8.56. The van der Waals surface area contributed by atoms with E-state index in [0.717, 1.165) is 22.3 Å². The summed E-state index contributed by atoms with van der Waals surface area (Å²) in [6.45, 7) is 1.87. The molecule has 5 aromatic rings. The van der Waals surface area contributed by atoms with Crippen LogP contribution < -0.4 is 0 Å². The summed E-state index contributed by atoms with van der Waals surface area (Å²) in [7, 11) is 0. The van der Waals surface area contributed by atoms with Crippen molar-refractivity contribution < 1.29 is 9.21 Å². The first-order valence-electron chi connectivity index (χ1n) is 9.19. The molecular weight excluding hydrogens is 406 g/mol. The lowest BCUT2D eigenvalue weighted by atomic mass is 10.0. The number of rotatable bonds is 5. The highest BCUT2D eigenvalue weighted by Gasteiger charge is 2.13. The van der Waals surface area contributed by atoms with Gasteiger partial charge in [-0.25, -0.2) is 4.98 Å². The second kappa shape index (κ2) is 7.13. The van der Waals surface area contributed by atoms with Gasteiger partial charge in [0.05, 0.1) is 6.20 Å². The van der Waals surface area contributed by atoms with Gasteiger partial charge in [-0.3, -0.25) is 4.79 Å². The van der Waals surface area contributed by atoms with Gasteiger partial charge in [-0.15, -0.1) is 16.4 Å². The number of carbonyl (C=O) groups excluding carboxylic acids is 1. The molecule has 5 rings (SSSR count). The molecule has 144 valence electrons. The summed E-state index contributed by atoms with van der Waals surface area (Å²) in [6.07, 6.45) is 2.79. The van der Waals surface area contributed by atoms with Crippen LogP contribution in [0.15, 0.2) is 58.5 Å². The Kier molecular flexibility index (Phi) is 4.45. The van der Waals surface area contributed by atoms with E-state index in [4.69, 9.17) is 16.0 Å². The van der Waals surface area contributed by atoms with Crippen molar-refractivity contribution in [3.05, 3.63) is 76.0 Å². The number of aromatic nitrogens is 3. The summed E-state index contributed by atoms with van der Waals surface area (Å²) in [5, 5.41) is 8.38. The van der Waals surface area contributed by atoms with Gasteiger partial charge in [0.15, 0.2) is 5.78 Å². The van der Waals surface area contributed by atoms with Gasteiger partial charge >= 0.3 is 0 Å². The van der Waals surface area contributed by atoms with Crippen molar-refractivity contribution in [1.82, 2.24) is 14.6 Å². The van der Waals surface area contributed by atoms with Gasteiger partial charge < -0.3 is 4.42 Å². The molecule has 0 bridgehead atoms. The number of halogens is 1. The van der Waals surface area contributed by atoms with E-state index in [9.17, 15) is 4.79 Å². The Hall–Kier alpha value is -2.96. The Balaban J connectivity index is 1.31. The average molecular weight is 422 g/mol.